The molecule has 1 aliphatic carbocycles. The highest BCUT2D eigenvalue weighted by Crippen LogP contribution is 2.56. The Labute approximate surface area is 295 Å². The van der Waals surface area contributed by atoms with Crippen molar-refractivity contribution in [2.45, 2.75) is 103 Å². The lowest BCUT2D eigenvalue weighted by molar-refractivity contribution is -0.146. The lowest BCUT2D eigenvalue weighted by Gasteiger charge is -2.38. The molecule has 0 unspecified atom stereocenters. The van der Waals surface area contributed by atoms with Gasteiger partial charge in [0.25, 0.3) is 0 Å². The zero-order chi connectivity index (χ0) is 35.8. The van der Waals surface area contributed by atoms with Crippen molar-refractivity contribution >= 4 is 47.4 Å². The topological polar surface area (TPSA) is 61.8 Å². The van der Waals surface area contributed by atoms with E-state index >= 15 is 0 Å². The van der Waals surface area contributed by atoms with Crippen molar-refractivity contribution in [2.24, 2.45) is 5.92 Å². The Morgan fingerprint density at radius 3 is 1.85 bits per heavy atom. The van der Waals surface area contributed by atoms with Crippen molar-refractivity contribution in [2.75, 3.05) is 13.2 Å². The van der Waals surface area contributed by atoms with Crippen molar-refractivity contribution in [3.63, 3.8) is 0 Å². The van der Waals surface area contributed by atoms with Crippen molar-refractivity contribution in [3.8, 4) is 0 Å². The third-order valence-corrected chi connectivity index (χ3v) is 21.5. The molecule has 0 aliphatic heterocycles. The summed E-state index contributed by atoms with van der Waals surface area (Å²) in [6.45, 7) is 27.4. The molecule has 5 nitrogen and oxygen atoms in total. The SMILES string of the molecule is C=C(CO[Si](C)(C)C(C)(C)C)C[C@H](C[C@@H](CC=O)CO[Si](C)(C)C(C)(C)C)OC(=O)[C]1[CH][CH][CH][C]1P(c1ccccc1)c1ccccc1. The highest BCUT2D eigenvalue weighted by molar-refractivity contribution is 7.76. The summed E-state index contributed by atoms with van der Waals surface area (Å²) in [5.41, 5.74) is 1.85. The fourth-order valence-electron chi connectivity index (χ4n) is 4.91. The average molecular weight is 706 g/mol. The summed E-state index contributed by atoms with van der Waals surface area (Å²) in [6.07, 6.45) is 7.62. The zero-order valence-corrected chi connectivity index (χ0v) is 33.9. The number of hydrogen-bond donors (Lipinski definition) is 0. The van der Waals surface area contributed by atoms with Gasteiger partial charge < -0.3 is 18.4 Å². The lowest BCUT2D eigenvalue weighted by atomic mass is 9.95. The van der Waals surface area contributed by atoms with Gasteiger partial charge in [0, 0.05) is 25.1 Å². The molecule has 0 heterocycles. The van der Waals surface area contributed by atoms with E-state index in [9.17, 15) is 9.59 Å². The summed E-state index contributed by atoms with van der Waals surface area (Å²) >= 11 is 0. The molecule has 0 N–H and O–H groups in total. The van der Waals surface area contributed by atoms with Crippen LogP contribution in [0, 0.1) is 36.8 Å². The van der Waals surface area contributed by atoms with Gasteiger partial charge in [-0.2, -0.15) is 0 Å². The average Bonchev–Trinajstić information content (AvgIpc) is 3.49. The van der Waals surface area contributed by atoms with Crippen LogP contribution < -0.4 is 10.6 Å². The van der Waals surface area contributed by atoms with Crippen LogP contribution in [0.5, 0.6) is 0 Å². The number of carbonyl (C=O) groups excluding carboxylic acids is 2. The maximum atomic E-state index is 14.2. The van der Waals surface area contributed by atoms with Crippen molar-refractivity contribution in [3.05, 3.63) is 104 Å². The Kier molecular flexibility index (Phi) is 14.7. The summed E-state index contributed by atoms with van der Waals surface area (Å²) in [5.74, 6) is 0.132. The summed E-state index contributed by atoms with van der Waals surface area (Å²) in [6, 6.07) is 20.7. The largest absolute Gasteiger partial charge is 0.462 e. The van der Waals surface area contributed by atoms with E-state index in [1.54, 1.807) is 0 Å². The first-order valence-electron chi connectivity index (χ1n) is 17.1. The maximum absolute atomic E-state index is 14.2. The fourth-order valence-corrected chi connectivity index (χ4v) is 9.43. The Morgan fingerprint density at radius 2 is 1.35 bits per heavy atom. The molecule has 0 bridgehead atoms. The molecule has 2 aromatic carbocycles. The smallest absolute Gasteiger partial charge is 0.314 e. The molecule has 261 valence electrons. The molecule has 0 saturated heterocycles. The van der Waals surface area contributed by atoms with Crippen molar-refractivity contribution in [1.29, 1.82) is 0 Å². The van der Waals surface area contributed by atoms with Gasteiger partial charge >= 0.3 is 5.97 Å². The highest BCUT2D eigenvalue weighted by atomic mass is 31.1. The minimum Gasteiger partial charge on any atom is -0.462 e. The molecule has 0 spiro atoms. The Bertz CT molecular complexity index is 1280. The molecule has 0 aromatic heterocycles. The van der Waals surface area contributed by atoms with E-state index in [1.165, 1.54) is 10.6 Å². The summed E-state index contributed by atoms with van der Waals surface area (Å²) in [7, 11) is -5.03. The van der Waals surface area contributed by atoms with Crippen LogP contribution in [0.25, 0.3) is 0 Å². The molecule has 1 aliphatic rings. The number of rotatable bonds is 17. The minimum atomic E-state index is -2.05. The normalized spacial score (nSPS) is 16.6. The van der Waals surface area contributed by atoms with E-state index in [0.717, 1.165) is 17.5 Å². The molecule has 1 saturated carbocycles. The van der Waals surface area contributed by atoms with Gasteiger partial charge in [0.2, 0.25) is 0 Å². The van der Waals surface area contributed by atoms with Gasteiger partial charge in [-0.25, -0.2) is 0 Å². The van der Waals surface area contributed by atoms with Crippen molar-refractivity contribution in [1.82, 2.24) is 0 Å². The Balaban J connectivity index is 1.86. The molecule has 0 amide bonds. The number of carbonyl (C=O) groups is 2. The van der Waals surface area contributed by atoms with E-state index < -0.39 is 30.7 Å². The first-order valence-corrected chi connectivity index (χ1v) is 24.3. The second kappa shape index (κ2) is 17.4. The third-order valence-electron chi connectivity index (χ3n) is 10.0. The van der Waals surface area contributed by atoms with Gasteiger partial charge in [-0.15, -0.1) is 0 Å². The van der Waals surface area contributed by atoms with Gasteiger partial charge in [-0.1, -0.05) is 109 Å². The first kappa shape index (κ1) is 40.5. The summed E-state index contributed by atoms with van der Waals surface area (Å²) in [4.78, 5) is 26.0. The van der Waals surface area contributed by atoms with E-state index in [0.29, 0.717) is 38.4 Å². The van der Waals surface area contributed by atoms with Crippen molar-refractivity contribution < 1.29 is 23.2 Å². The van der Waals surface area contributed by atoms with Gasteiger partial charge in [0.15, 0.2) is 16.6 Å². The molecule has 1 fully saturated rings. The number of hydrogen-bond acceptors (Lipinski definition) is 5. The first-order chi connectivity index (χ1) is 22.4. The minimum absolute atomic E-state index is 0.0456. The van der Waals surface area contributed by atoms with E-state index in [4.69, 9.17) is 13.6 Å². The quantitative estimate of drug-likeness (QED) is 0.0540. The summed E-state index contributed by atoms with van der Waals surface area (Å²) in [5, 5.41) is 2.45. The molecule has 2 aromatic rings. The second-order valence-electron chi connectivity index (χ2n) is 15.9. The van der Waals surface area contributed by atoms with Crippen LogP contribution in [-0.2, 0) is 23.2 Å². The molecular formula is C40H58O5PSi2. The molecule has 2 atom stereocenters. The number of benzene rings is 2. The van der Waals surface area contributed by atoms with Crippen LogP contribution in [0.2, 0.25) is 36.3 Å². The van der Waals surface area contributed by atoms with E-state index in [-0.39, 0.29) is 22.0 Å². The monoisotopic (exact) mass is 705 g/mol. The maximum Gasteiger partial charge on any atom is 0.314 e. The molecule has 48 heavy (non-hydrogen) atoms. The van der Waals surface area contributed by atoms with Crippen LogP contribution in [-0.4, -0.2) is 48.2 Å². The summed E-state index contributed by atoms with van der Waals surface area (Å²) < 4.78 is 19.5. The van der Waals surface area contributed by atoms with Crippen LogP contribution >= 0.6 is 7.92 Å². The molecule has 3 rings (SSSR count). The Hall–Kier alpha value is -1.90. The van der Waals surface area contributed by atoms with Gasteiger partial charge in [0.05, 0.1) is 6.61 Å². The van der Waals surface area contributed by atoms with Crippen LogP contribution in [0.3, 0.4) is 0 Å². The van der Waals surface area contributed by atoms with Gasteiger partial charge in [-0.05, 0) is 92.0 Å². The van der Waals surface area contributed by atoms with E-state index in [2.05, 4.69) is 98.6 Å². The third kappa shape index (κ3) is 11.3. The standard InChI is InChI=1S/C40H58O5PSi2/c1-31(29-43-47(8,9)39(2,3)4)27-33(28-32(25-26-41)30-44-48(10,11)40(5,6)7)45-38(42)36-23-18-24-37(36)46(34-19-14-12-15-20-34)35-21-16-13-17-22-35/h12-24,26,32-33H,1,25,27-30H2,2-11H3/t32-,33-/m1/s1. The van der Waals surface area contributed by atoms with E-state index in [1.807, 2.05) is 55.7 Å². The highest BCUT2D eigenvalue weighted by Gasteiger charge is 2.43. The second-order valence-corrected chi connectivity index (χ2v) is 27.7. The molecule has 8 heteroatoms. The van der Waals surface area contributed by atoms with Crippen LogP contribution in [0.15, 0.2) is 72.8 Å². The number of ether oxygens (including phenoxy) is 1. The van der Waals surface area contributed by atoms with Crippen LogP contribution in [0.4, 0.5) is 0 Å². The number of esters is 1. The number of aldehydes is 1. The fraction of sp³-hybridized carbons (Fsp3) is 0.475. The predicted molar refractivity (Wildman–Crippen MR) is 207 cm³/mol. The Morgan fingerprint density at radius 1 is 0.833 bits per heavy atom. The molecular weight excluding hydrogens is 648 g/mol. The predicted octanol–water partition coefficient (Wildman–Crippen LogP) is 9.35. The lowest BCUT2D eigenvalue weighted by Crippen LogP contribution is -2.42. The van der Waals surface area contributed by atoms with Crippen LogP contribution in [0.1, 0.15) is 60.8 Å². The van der Waals surface area contributed by atoms with Gasteiger partial charge in [-0.3, -0.25) is 4.79 Å². The zero-order valence-electron chi connectivity index (χ0n) is 31.0. The van der Waals surface area contributed by atoms with Gasteiger partial charge in [0.1, 0.15) is 18.3 Å². The molecule has 5 radical (unpaired) electrons.